The highest BCUT2D eigenvalue weighted by molar-refractivity contribution is 5.79. The van der Waals surface area contributed by atoms with Crippen LogP contribution in [-0.2, 0) is 4.79 Å². The maximum Gasteiger partial charge on any atom is 0.317 e. The second-order valence-corrected chi connectivity index (χ2v) is 5.85. The van der Waals surface area contributed by atoms with E-state index in [1.165, 1.54) is 0 Å². The highest BCUT2D eigenvalue weighted by Gasteiger charge is 2.44. The van der Waals surface area contributed by atoms with E-state index in [0.717, 1.165) is 6.42 Å². The first-order valence-corrected chi connectivity index (χ1v) is 6.25. The molecule has 0 spiro atoms. The van der Waals surface area contributed by atoms with Crippen LogP contribution >= 0.6 is 0 Å². The fraction of sp³-hybridized carbons (Fsp3) is 0.846. The number of hydrogen-bond acceptors (Lipinski definition) is 2. The van der Waals surface area contributed by atoms with Gasteiger partial charge in [-0.2, -0.15) is 0 Å². The van der Waals surface area contributed by atoms with E-state index in [9.17, 15) is 14.7 Å². The number of rotatable bonds is 5. The summed E-state index contributed by atoms with van der Waals surface area (Å²) in [5.74, 6) is -0.931. The van der Waals surface area contributed by atoms with Crippen molar-refractivity contribution in [1.29, 1.82) is 0 Å². The summed E-state index contributed by atoms with van der Waals surface area (Å²) >= 11 is 0. The van der Waals surface area contributed by atoms with Crippen LogP contribution in [0.5, 0.6) is 0 Å². The number of carboxylic acid groups (broad SMARTS) is 1. The Kier molecular flexibility index (Phi) is 5.20. The van der Waals surface area contributed by atoms with Crippen LogP contribution in [0.2, 0.25) is 0 Å². The molecule has 0 saturated heterocycles. The molecule has 18 heavy (non-hydrogen) atoms. The van der Waals surface area contributed by atoms with E-state index in [0.29, 0.717) is 0 Å². The summed E-state index contributed by atoms with van der Waals surface area (Å²) in [6.07, 6.45) is 0.854. The van der Waals surface area contributed by atoms with Crippen LogP contribution in [0.15, 0.2) is 0 Å². The predicted octanol–water partition coefficient (Wildman–Crippen LogP) is 2.32. The first-order valence-electron chi connectivity index (χ1n) is 6.25. The maximum atomic E-state index is 12.1. The van der Waals surface area contributed by atoms with Gasteiger partial charge in [0.05, 0.1) is 11.0 Å². The van der Waals surface area contributed by atoms with Crippen LogP contribution in [0.3, 0.4) is 0 Å². The molecule has 0 bridgehead atoms. The lowest BCUT2D eigenvalue weighted by atomic mass is 9.74. The summed E-state index contributed by atoms with van der Waals surface area (Å²) in [6.45, 7) is 10.6. The van der Waals surface area contributed by atoms with Gasteiger partial charge in [-0.15, -0.1) is 0 Å². The Morgan fingerprint density at radius 1 is 1.28 bits per heavy atom. The van der Waals surface area contributed by atoms with Crippen LogP contribution in [0.4, 0.5) is 4.79 Å². The highest BCUT2D eigenvalue weighted by Crippen LogP contribution is 2.30. The van der Waals surface area contributed by atoms with Crippen LogP contribution in [0, 0.1) is 5.41 Å². The number of carboxylic acids is 1. The van der Waals surface area contributed by atoms with Crippen molar-refractivity contribution in [2.45, 2.75) is 59.5 Å². The molecule has 106 valence electrons. The van der Waals surface area contributed by atoms with Crippen molar-refractivity contribution in [3.8, 4) is 0 Å². The van der Waals surface area contributed by atoms with Gasteiger partial charge in [-0.25, -0.2) is 4.79 Å². The van der Waals surface area contributed by atoms with Gasteiger partial charge in [0, 0.05) is 13.1 Å². The second kappa shape index (κ2) is 5.59. The molecule has 0 rings (SSSR count). The molecule has 1 atom stereocenters. The fourth-order valence-corrected chi connectivity index (χ4v) is 1.25. The zero-order valence-corrected chi connectivity index (χ0v) is 12.5. The van der Waals surface area contributed by atoms with Crippen molar-refractivity contribution in [3.63, 3.8) is 0 Å². The molecule has 5 heteroatoms. The first kappa shape index (κ1) is 16.7. The average molecular weight is 258 g/mol. The SMILES string of the molecule is CCC(C)N(C)C(=O)NC(C)(C)C(C)(C)C(=O)O. The number of carbonyl (C=O) groups excluding carboxylic acids is 1. The number of nitrogens with zero attached hydrogens (tertiary/aromatic N) is 1. The predicted molar refractivity (Wildman–Crippen MR) is 71.5 cm³/mol. The number of nitrogens with one attached hydrogen (secondary N) is 1. The Morgan fingerprint density at radius 3 is 2.06 bits per heavy atom. The molecule has 0 saturated carbocycles. The van der Waals surface area contributed by atoms with Gasteiger partial charge in [0.25, 0.3) is 0 Å². The van der Waals surface area contributed by atoms with Gasteiger partial charge in [-0.3, -0.25) is 4.79 Å². The summed E-state index contributed by atoms with van der Waals surface area (Å²) in [5, 5.41) is 12.0. The van der Waals surface area contributed by atoms with Gasteiger partial charge in [0.2, 0.25) is 0 Å². The third-order valence-electron chi connectivity index (χ3n) is 4.09. The zero-order valence-electron chi connectivity index (χ0n) is 12.5. The van der Waals surface area contributed by atoms with Crippen LogP contribution in [-0.4, -0.2) is 40.6 Å². The molecule has 0 aromatic heterocycles. The quantitative estimate of drug-likeness (QED) is 0.795. The highest BCUT2D eigenvalue weighted by atomic mass is 16.4. The average Bonchev–Trinajstić information content (AvgIpc) is 2.25. The fourth-order valence-electron chi connectivity index (χ4n) is 1.25. The van der Waals surface area contributed by atoms with Gasteiger partial charge in [0.15, 0.2) is 0 Å². The van der Waals surface area contributed by atoms with E-state index < -0.39 is 16.9 Å². The van der Waals surface area contributed by atoms with Gasteiger partial charge in [0.1, 0.15) is 0 Å². The van der Waals surface area contributed by atoms with E-state index >= 15 is 0 Å². The minimum Gasteiger partial charge on any atom is -0.481 e. The van der Waals surface area contributed by atoms with Gasteiger partial charge >= 0.3 is 12.0 Å². The minimum atomic E-state index is -1.04. The van der Waals surface area contributed by atoms with Crippen molar-refractivity contribution < 1.29 is 14.7 Å². The molecule has 0 aliphatic rings. The molecule has 1 unspecified atom stereocenters. The first-order chi connectivity index (χ1) is 7.97. The van der Waals surface area contributed by atoms with E-state index in [1.54, 1.807) is 39.6 Å². The number of carbonyl (C=O) groups is 2. The number of hydrogen-bond donors (Lipinski definition) is 2. The topological polar surface area (TPSA) is 69.6 Å². The lowest BCUT2D eigenvalue weighted by Gasteiger charge is -2.40. The Labute approximate surface area is 110 Å². The molecule has 5 nitrogen and oxygen atoms in total. The van der Waals surface area contributed by atoms with Gasteiger partial charge in [-0.1, -0.05) is 6.92 Å². The van der Waals surface area contributed by atoms with E-state index in [-0.39, 0.29) is 12.1 Å². The summed E-state index contributed by atoms with van der Waals surface area (Å²) in [4.78, 5) is 24.9. The third-order valence-corrected chi connectivity index (χ3v) is 4.09. The molecule has 0 heterocycles. The molecular formula is C13H26N2O3. The van der Waals surface area contributed by atoms with Crippen LogP contribution < -0.4 is 5.32 Å². The largest absolute Gasteiger partial charge is 0.481 e. The molecule has 0 aliphatic carbocycles. The lowest BCUT2D eigenvalue weighted by Crippen LogP contribution is -2.59. The van der Waals surface area contributed by atoms with Crippen molar-refractivity contribution in [3.05, 3.63) is 0 Å². The Hall–Kier alpha value is -1.26. The van der Waals surface area contributed by atoms with Crippen molar-refractivity contribution in [2.24, 2.45) is 5.41 Å². The van der Waals surface area contributed by atoms with Gasteiger partial charge < -0.3 is 15.3 Å². The summed E-state index contributed by atoms with van der Waals surface area (Å²) in [6, 6.07) is -0.127. The molecule has 2 N–H and O–H groups in total. The maximum absolute atomic E-state index is 12.1. The molecular weight excluding hydrogens is 232 g/mol. The molecule has 0 aromatic carbocycles. The van der Waals surface area contributed by atoms with Crippen molar-refractivity contribution >= 4 is 12.0 Å². The van der Waals surface area contributed by atoms with Gasteiger partial charge in [-0.05, 0) is 41.0 Å². The number of aliphatic carboxylic acids is 1. The molecule has 0 aliphatic heterocycles. The number of urea groups is 1. The van der Waals surface area contributed by atoms with E-state index in [4.69, 9.17) is 0 Å². The molecule has 0 radical (unpaired) electrons. The monoisotopic (exact) mass is 258 g/mol. The van der Waals surface area contributed by atoms with E-state index in [1.807, 2.05) is 13.8 Å². The number of amides is 2. The minimum absolute atomic E-state index is 0.119. The Morgan fingerprint density at radius 2 is 1.72 bits per heavy atom. The third kappa shape index (κ3) is 3.37. The normalized spacial score (nSPS) is 13.9. The smallest absolute Gasteiger partial charge is 0.317 e. The Balaban J connectivity index is 4.89. The lowest BCUT2D eigenvalue weighted by molar-refractivity contribution is -0.150. The molecule has 2 amide bonds. The van der Waals surface area contributed by atoms with Crippen molar-refractivity contribution in [1.82, 2.24) is 10.2 Å². The van der Waals surface area contributed by atoms with Crippen LogP contribution in [0.1, 0.15) is 48.0 Å². The summed E-state index contributed by atoms with van der Waals surface area (Å²) in [7, 11) is 1.72. The zero-order chi connectivity index (χ0) is 14.7. The van der Waals surface area contributed by atoms with Crippen LogP contribution in [0.25, 0.3) is 0 Å². The molecule has 0 aromatic rings. The summed E-state index contributed by atoms with van der Waals surface area (Å²) in [5.41, 5.74) is -1.88. The van der Waals surface area contributed by atoms with Crippen molar-refractivity contribution in [2.75, 3.05) is 7.05 Å². The second-order valence-electron chi connectivity index (χ2n) is 5.85. The standard InChI is InChI=1S/C13H26N2O3/c1-8-9(2)15(7)11(18)14-13(5,6)12(3,4)10(16)17/h9H,8H2,1-7H3,(H,14,18)(H,16,17). The molecule has 0 fully saturated rings. The Bertz CT molecular complexity index is 324. The summed E-state index contributed by atoms with van der Waals surface area (Å²) < 4.78 is 0. The van der Waals surface area contributed by atoms with E-state index in [2.05, 4.69) is 5.32 Å².